The van der Waals surface area contributed by atoms with Gasteiger partial charge in [0.05, 0.1) is 26.2 Å². The third kappa shape index (κ3) is 3.48. The lowest BCUT2D eigenvalue weighted by molar-refractivity contribution is -0.136. The summed E-state index contributed by atoms with van der Waals surface area (Å²) in [5, 5.41) is 8.53. The number of carboxylic acids is 1. The van der Waals surface area contributed by atoms with Crippen LogP contribution in [0.4, 0.5) is 0 Å². The third-order valence-electron chi connectivity index (χ3n) is 2.27. The van der Waals surface area contributed by atoms with Crippen molar-refractivity contribution in [2.45, 2.75) is 12.8 Å². The van der Waals surface area contributed by atoms with Gasteiger partial charge in [0.1, 0.15) is 11.5 Å². The van der Waals surface area contributed by atoms with E-state index in [0.717, 1.165) is 0 Å². The molecular formula is C12H14O5. The molecule has 5 heteroatoms. The second kappa shape index (κ2) is 5.89. The first-order valence-electron chi connectivity index (χ1n) is 5.05. The first kappa shape index (κ1) is 13.0. The van der Waals surface area contributed by atoms with Crippen molar-refractivity contribution in [3.8, 4) is 11.5 Å². The predicted molar refractivity (Wildman–Crippen MR) is 60.7 cm³/mol. The van der Waals surface area contributed by atoms with Gasteiger partial charge in [-0.3, -0.25) is 9.59 Å². The van der Waals surface area contributed by atoms with E-state index in [-0.39, 0.29) is 18.6 Å². The van der Waals surface area contributed by atoms with E-state index in [2.05, 4.69) is 0 Å². The van der Waals surface area contributed by atoms with Gasteiger partial charge >= 0.3 is 5.97 Å². The fraction of sp³-hybridized carbons (Fsp3) is 0.333. The minimum atomic E-state index is -1.000. The van der Waals surface area contributed by atoms with Gasteiger partial charge in [0.25, 0.3) is 0 Å². The predicted octanol–water partition coefficient (Wildman–Crippen LogP) is 1.75. The highest BCUT2D eigenvalue weighted by molar-refractivity contribution is 6.00. The van der Waals surface area contributed by atoms with Gasteiger partial charge in [-0.15, -0.1) is 0 Å². The summed E-state index contributed by atoms with van der Waals surface area (Å²) in [6, 6.07) is 4.84. The fourth-order valence-corrected chi connectivity index (χ4v) is 1.39. The summed E-state index contributed by atoms with van der Waals surface area (Å²) >= 11 is 0. The number of ketones is 1. The number of benzene rings is 1. The Labute approximate surface area is 99.0 Å². The number of hydrogen-bond donors (Lipinski definition) is 1. The summed E-state index contributed by atoms with van der Waals surface area (Å²) in [5.74, 6) is -0.325. The maximum atomic E-state index is 11.8. The second-order valence-electron chi connectivity index (χ2n) is 3.38. The van der Waals surface area contributed by atoms with Crippen molar-refractivity contribution >= 4 is 11.8 Å². The lowest BCUT2D eigenvalue weighted by atomic mass is 10.1. The standard InChI is InChI=1S/C12H14O5/c1-16-8-3-5-11(17-2)9(7-8)10(13)4-6-12(14)15/h3,5,7H,4,6H2,1-2H3,(H,14,15). The van der Waals surface area contributed by atoms with Crippen LogP contribution in [0.25, 0.3) is 0 Å². The summed E-state index contributed by atoms with van der Waals surface area (Å²) < 4.78 is 10.1. The Bertz CT molecular complexity index is 425. The van der Waals surface area contributed by atoms with Gasteiger partial charge in [-0.05, 0) is 18.2 Å². The van der Waals surface area contributed by atoms with E-state index in [4.69, 9.17) is 14.6 Å². The van der Waals surface area contributed by atoms with E-state index >= 15 is 0 Å². The Morgan fingerprint density at radius 1 is 1.18 bits per heavy atom. The molecular weight excluding hydrogens is 224 g/mol. The van der Waals surface area contributed by atoms with E-state index in [1.165, 1.54) is 14.2 Å². The Morgan fingerprint density at radius 2 is 1.88 bits per heavy atom. The van der Waals surface area contributed by atoms with E-state index in [1.54, 1.807) is 18.2 Å². The first-order chi connectivity index (χ1) is 8.08. The van der Waals surface area contributed by atoms with Crippen LogP contribution in [0, 0.1) is 0 Å². The minimum absolute atomic E-state index is 0.0567. The van der Waals surface area contributed by atoms with E-state index in [0.29, 0.717) is 17.1 Å². The number of hydrogen-bond acceptors (Lipinski definition) is 4. The summed E-state index contributed by atoms with van der Waals surface area (Å²) in [7, 11) is 2.95. The van der Waals surface area contributed by atoms with Gasteiger partial charge in [0.15, 0.2) is 5.78 Å². The highest BCUT2D eigenvalue weighted by Crippen LogP contribution is 2.25. The third-order valence-corrected chi connectivity index (χ3v) is 2.27. The Balaban J connectivity index is 2.93. The number of Topliss-reactive ketones (excluding diaryl/α,β-unsaturated/α-hetero) is 1. The molecule has 0 atom stereocenters. The molecule has 0 bridgehead atoms. The molecule has 0 aliphatic heterocycles. The van der Waals surface area contributed by atoms with Gasteiger partial charge in [-0.25, -0.2) is 0 Å². The van der Waals surface area contributed by atoms with E-state index in [1.807, 2.05) is 0 Å². The molecule has 0 heterocycles. The summed E-state index contributed by atoms with van der Waals surface area (Å²) in [6.07, 6.45) is -0.252. The smallest absolute Gasteiger partial charge is 0.303 e. The number of methoxy groups -OCH3 is 2. The molecule has 1 rings (SSSR count). The molecule has 0 saturated carbocycles. The van der Waals surface area contributed by atoms with Crippen LogP contribution >= 0.6 is 0 Å². The molecule has 92 valence electrons. The molecule has 1 N–H and O–H groups in total. The lowest BCUT2D eigenvalue weighted by Gasteiger charge is -2.09. The van der Waals surface area contributed by atoms with E-state index in [9.17, 15) is 9.59 Å². The summed E-state index contributed by atoms with van der Waals surface area (Å²) in [5.41, 5.74) is 0.341. The van der Waals surface area contributed by atoms with Crippen LogP contribution in [0.5, 0.6) is 11.5 Å². The molecule has 0 spiro atoms. The van der Waals surface area contributed by atoms with Crippen molar-refractivity contribution in [2.24, 2.45) is 0 Å². The Morgan fingerprint density at radius 3 is 2.41 bits per heavy atom. The molecule has 0 aliphatic carbocycles. The largest absolute Gasteiger partial charge is 0.497 e. The van der Waals surface area contributed by atoms with Crippen molar-refractivity contribution in [1.82, 2.24) is 0 Å². The van der Waals surface area contributed by atoms with E-state index < -0.39 is 5.97 Å². The molecule has 1 aromatic carbocycles. The Kier molecular flexibility index (Phi) is 4.51. The van der Waals surface area contributed by atoms with Crippen LogP contribution in [-0.4, -0.2) is 31.1 Å². The second-order valence-corrected chi connectivity index (χ2v) is 3.38. The zero-order chi connectivity index (χ0) is 12.8. The van der Waals surface area contributed by atoms with Crippen molar-refractivity contribution in [3.63, 3.8) is 0 Å². The van der Waals surface area contributed by atoms with Crippen molar-refractivity contribution in [2.75, 3.05) is 14.2 Å². The number of carboxylic acid groups (broad SMARTS) is 1. The average Bonchev–Trinajstić information content (AvgIpc) is 2.34. The quantitative estimate of drug-likeness (QED) is 0.764. The highest BCUT2D eigenvalue weighted by atomic mass is 16.5. The molecule has 0 aromatic heterocycles. The normalized spacial score (nSPS) is 9.76. The molecule has 0 saturated heterocycles. The maximum Gasteiger partial charge on any atom is 0.303 e. The molecule has 0 radical (unpaired) electrons. The monoisotopic (exact) mass is 238 g/mol. The SMILES string of the molecule is COc1ccc(OC)c(C(=O)CCC(=O)O)c1. The number of aliphatic carboxylic acids is 1. The molecule has 0 amide bonds. The molecule has 1 aromatic rings. The van der Waals surface area contributed by atoms with Gasteiger partial charge in [0.2, 0.25) is 0 Å². The van der Waals surface area contributed by atoms with Crippen molar-refractivity contribution in [1.29, 1.82) is 0 Å². The fourth-order valence-electron chi connectivity index (χ4n) is 1.39. The van der Waals surface area contributed by atoms with Crippen molar-refractivity contribution < 1.29 is 24.2 Å². The van der Waals surface area contributed by atoms with Gasteiger partial charge in [-0.1, -0.05) is 0 Å². The minimum Gasteiger partial charge on any atom is -0.497 e. The Hall–Kier alpha value is -2.04. The zero-order valence-corrected chi connectivity index (χ0v) is 9.73. The molecule has 0 aliphatic rings. The van der Waals surface area contributed by atoms with Gasteiger partial charge in [-0.2, -0.15) is 0 Å². The summed E-state index contributed by atoms with van der Waals surface area (Å²) in [6.45, 7) is 0. The van der Waals surface area contributed by atoms with Crippen LogP contribution in [0.1, 0.15) is 23.2 Å². The topological polar surface area (TPSA) is 72.8 Å². The van der Waals surface area contributed by atoms with Crippen LogP contribution in [0.15, 0.2) is 18.2 Å². The first-order valence-corrected chi connectivity index (χ1v) is 5.05. The number of ether oxygens (including phenoxy) is 2. The van der Waals surface area contributed by atoms with Gasteiger partial charge < -0.3 is 14.6 Å². The lowest BCUT2D eigenvalue weighted by Crippen LogP contribution is -2.06. The highest BCUT2D eigenvalue weighted by Gasteiger charge is 2.14. The molecule has 5 nitrogen and oxygen atoms in total. The van der Waals surface area contributed by atoms with Crippen LogP contribution < -0.4 is 9.47 Å². The zero-order valence-electron chi connectivity index (χ0n) is 9.73. The average molecular weight is 238 g/mol. The maximum absolute atomic E-state index is 11.8. The number of carbonyl (C=O) groups is 2. The molecule has 17 heavy (non-hydrogen) atoms. The number of rotatable bonds is 6. The molecule has 0 unspecified atom stereocenters. The van der Waals surface area contributed by atoms with Gasteiger partial charge in [0, 0.05) is 6.42 Å². The van der Waals surface area contributed by atoms with Crippen LogP contribution in [0.2, 0.25) is 0 Å². The molecule has 0 fully saturated rings. The van der Waals surface area contributed by atoms with Crippen LogP contribution in [0.3, 0.4) is 0 Å². The summed E-state index contributed by atoms with van der Waals surface area (Å²) in [4.78, 5) is 22.2. The van der Waals surface area contributed by atoms with Crippen molar-refractivity contribution in [3.05, 3.63) is 23.8 Å². The number of carbonyl (C=O) groups excluding carboxylic acids is 1. The van der Waals surface area contributed by atoms with Crippen LogP contribution in [-0.2, 0) is 4.79 Å².